The minimum atomic E-state index is -0.238. The van der Waals surface area contributed by atoms with E-state index in [1.165, 1.54) is 38.5 Å². The van der Waals surface area contributed by atoms with Crippen molar-refractivity contribution < 1.29 is 5.11 Å². The van der Waals surface area contributed by atoms with Gasteiger partial charge in [-0.05, 0) is 43.9 Å². The lowest BCUT2D eigenvalue weighted by Gasteiger charge is -2.32. The van der Waals surface area contributed by atoms with E-state index in [4.69, 9.17) is 0 Å². The van der Waals surface area contributed by atoms with Crippen LogP contribution in [0.25, 0.3) is 0 Å². The highest BCUT2D eigenvalue weighted by Gasteiger charge is 2.48. The van der Waals surface area contributed by atoms with Crippen LogP contribution in [-0.2, 0) is 0 Å². The first-order valence-electron chi connectivity index (χ1n) is 5.97. The summed E-state index contributed by atoms with van der Waals surface area (Å²) in [7, 11) is 0. The van der Waals surface area contributed by atoms with Crippen LogP contribution in [0.2, 0.25) is 0 Å². The third-order valence-electron chi connectivity index (χ3n) is 4.16. The largest absolute Gasteiger partial charge is 0.390 e. The minimum Gasteiger partial charge on any atom is -0.390 e. The van der Waals surface area contributed by atoms with E-state index >= 15 is 0 Å². The van der Waals surface area contributed by atoms with Crippen LogP contribution in [0, 0.1) is 11.8 Å². The Bertz CT molecular complexity index is 178. The summed E-state index contributed by atoms with van der Waals surface area (Å²) in [5.74, 6) is 1.53. The molecule has 0 spiro atoms. The molecular formula is C12H22O. The van der Waals surface area contributed by atoms with E-state index in [1.54, 1.807) is 0 Å². The standard InChI is InChI=1S/C12H22O/c1-2-3-4-7-12(13)9-10-5-6-11(12)8-10/h10-11,13H,2-9H2,1H3. The molecule has 2 bridgehead atoms. The van der Waals surface area contributed by atoms with Gasteiger partial charge in [-0.15, -0.1) is 0 Å². The second kappa shape index (κ2) is 3.61. The first kappa shape index (κ1) is 9.51. The van der Waals surface area contributed by atoms with Gasteiger partial charge in [0, 0.05) is 0 Å². The van der Waals surface area contributed by atoms with Crippen LogP contribution in [0.4, 0.5) is 0 Å². The minimum absolute atomic E-state index is 0.238. The molecule has 0 aromatic carbocycles. The highest BCUT2D eigenvalue weighted by atomic mass is 16.3. The van der Waals surface area contributed by atoms with Gasteiger partial charge in [0.1, 0.15) is 0 Å². The number of aliphatic hydroxyl groups is 1. The van der Waals surface area contributed by atoms with Gasteiger partial charge < -0.3 is 5.11 Å². The summed E-state index contributed by atoms with van der Waals surface area (Å²) in [6, 6.07) is 0. The molecule has 13 heavy (non-hydrogen) atoms. The lowest BCUT2D eigenvalue weighted by atomic mass is 9.80. The molecule has 76 valence electrons. The molecule has 3 unspecified atom stereocenters. The predicted molar refractivity (Wildman–Crippen MR) is 54.5 cm³/mol. The van der Waals surface area contributed by atoms with Crippen LogP contribution in [0.3, 0.4) is 0 Å². The summed E-state index contributed by atoms with van der Waals surface area (Å²) in [4.78, 5) is 0. The van der Waals surface area contributed by atoms with Crippen LogP contribution < -0.4 is 0 Å². The first-order valence-corrected chi connectivity index (χ1v) is 5.97. The molecule has 1 N–H and O–H groups in total. The highest BCUT2D eigenvalue weighted by molar-refractivity contribution is 5.00. The van der Waals surface area contributed by atoms with Crippen LogP contribution in [-0.4, -0.2) is 10.7 Å². The fraction of sp³-hybridized carbons (Fsp3) is 1.00. The zero-order chi connectivity index (χ0) is 9.31. The van der Waals surface area contributed by atoms with Crippen LogP contribution >= 0.6 is 0 Å². The van der Waals surface area contributed by atoms with Gasteiger partial charge in [-0.25, -0.2) is 0 Å². The molecule has 2 aliphatic carbocycles. The fourth-order valence-corrected chi connectivity index (χ4v) is 3.40. The Balaban J connectivity index is 1.83. The Morgan fingerprint density at radius 3 is 2.69 bits per heavy atom. The molecule has 0 aromatic heterocycles. The van der Waals surface area contributed by atoms with E-state index in [2.05, 4.69) is 6.92 Å². The van der Waals surface area contributed by atoms with Gasteiger partial charge in [0.2, 0.25) is 0 Å². The third-order valence-corrected chi connectivity index (χ3v) is 4.16. The van der Waals surface area contributed by atoms with Crippen LogP contribution in [0.5, 0.6) is 0 Å². The SMILES string of the molecule is CCCCCC1(O)CC2CCC1C2. The molecule has 3 atom stereocenters. The molecule has 2 fully saturated rings. The zero-order valence-electron chi connectivity index (χ0n) is 8.76. The molecule has 0 heterocycles. The molecule has 0 radical (unpaired) electrons. The lowest BCUT2D eigenvalue weighted by molar-refractivity contribution is -0.0224. The number of rotatable bonds is 4. The topological polar surface area (TPSA) is 20.2 Å². The number of fused-ring (bicyclic) bond motifs is 2. The van der Waals surface area contributed by atoms with Gasteiger partial charge in [-0.3, -0.25) is 0 Å². The summed E-state index contributed by atoms with van der Waals surface area (Å²) in [6.07, 6.45) is 9.99. The van der Waals surface area contributed by atoms with Crippen molar-refractivity contribution in [1.82, 2.24) is 0 Å². The van der Waals surface area contributed by atoms with Crippen molar-refractivity contribution in [3.8, 4) is 0 Å². The average Bonchev–Trinajstić information content (AvgIpc) is 2.64. The van der Waals surface area contributed by atoms with E-state index in [0.717, 1.165) is 18.8 Å². The molecule has 1 nitrogen and oxygen atoms in total. The molecule has 0 amide bonds. The molecule has 0 aromatic rings. The van der Waals surface area contributed by atoms with Crippen molar-refractivity contribution in [3.05, 3.63) is 0 Å². The predicted octanol–water partition coefficient (Wildman–Crippen LogP) is 3.12. The van der Waals surface area contributed by atoms with Gasteiger partial charge in [0.25, 0.3) is 0 Å². The van der Waals surface area contributed by atoms with E-state index in [0.29, 0.717) is 5.92 Å². The number of hydrogen-bond acceptors (Lipinski definition) is 1. The molecule has 2 aliphatic rings. The van der Waals surface area contributed by atoms with E-state index in [1.807, 2.05) is 0 Å². The molecular weight excluding hydrogens is 160 g/mol. The molecule has 0 saturated heterocycles. The molecule has 2 saturated carbocycles. The summed E-state index contributed by atoms with van der Waals surface area (Å²) in [5, 5.41) is 10.4. The van der Waals surface area contributed by atoms with Gasteiger partial charge >= 0.3 is 0 Å². The fourth-order valence-electron chi connectivity index (χ4n) is 3.40. The summed E-state index contributed by atoms with van der Waals surface area (Å²) in [5.41, 5.74) is -0.238. The van der Waals surface area contributed by atoms with Crippen molar-refractivity contribution in [2.45, 2.75) is 63.9 Å². The Labute approximate surface area is 81.5 Å². The smallest absolute Gasteiger partial charge is 0.0678 e. The van der Waals surface area contributed by atoms with Crippen molar-refractivity contribution in [2.24, 2.45) is 11.8 Å². The molecule has 0 aliphatic heterocycles. The third kappa shape index (κ3) is 1.76. The van der Waals surface area contributed by atoms with Gasteiger partial charge in [-0.1, -0.05) is 26.2 Å². The lowest BCUT2D eigenvalue weighted by Crippen LogP contribution is -2.34. The van der Waals surface area contributed by atoms with E-state index in [-0.39, 0.29) is 5.60 Å². The highest BCUT2D eigenvalue weighted by Crippen LogP contribution is 2.52. The maximum absolute atomic E-state index is 10.4. The first-order chi connectivity index (χ1) is 6.24. The van der Waals surface area contributed by atoms with E-state index in [9.17, 15) is 5.11 Å². The summed E-state index contributed by atoms with van der Waals surface area (Å²) < 4.78 is 0. The Hall–Kier alpha value is -0.0400. The Kier molecular flexibility index (Phi) is 2.64. The van der Waals surface area contributed by atoms with Gasteiger partial charge in [0.15, 0.2) is 0 Å². The van der Waals surface area contributed by atoms with Crippen molar-refractivity contribution >= 4 is 0 Å². The van der Waals surface area contributed by atoms with Crippen LogP contribution in [0.15, 0.2) is 0 Å². The van der Waals surface area contributed by atoms with Crippen molar-refractivity contribution in [3.63, 3.8) is 0 Å². The van der Waals surface area contributed by atoms with Crippen molar-refractivity contribution in [2.75, 3.05) is 0 Å². The monoisotopic (exact) mass is 182 g/mol. The number of hydrogen-bond donors (Lipinski definition) is 1. The maximum Gasteiger partial charge on any atom is 0.0678 e. The van der Waals surface area contributed by atoms with Gasteiger partial charge in [0.05, 0.1) is 5.60 Å². The second-order valence-electron chi connectivity index (χ2n) is 5.14. The summed E-state index contributed by atoms with van der Waals surface area (Å²) >= 11 is 0. The van der Waals surface area contributed by atoms with Gasteiger partial charge in [-0.2, -0.15) is 0 Å². The van der Waals surface area contributed by atoms with Crippen molar-refractivity contribution in [1.29, 1.82) is 0 Å². The average molecular weight is 182 g/mol. The summed E-state index contributed by atoms with van der Waals surface area (Å²) in [6.45, 7) is 2.23. The molecule has 2 rings (SSSR count). The quantitative estimate of drug-likeness (QED) is 0.662. The van der Waals surface area contributed by atoms with E-state index < -0.39 is 0 Å². The normalized spacial score (nSPS) is 42.9. The maximum atomic E-state index is 10.4. The molecule has 1 heteroatoms. The Morgan fingerprint density at radius 1 is 1.31 bits per heavy atom. The zero-order valence-corrected chi connectivity index (χ0v) is 8.76. The second-order valence-corrected chi connectivity index (χ2v) is 5.14. The number of unbranched alkanes of at least 4 members (excludes halogenated alkanes) is 2. The van der Waals surface area contributed by atoms with Crippen LogP contribution in [0.1, 0.15) is 58.3 Å². The Morgan fingerprint density at radius 2 is 2.15 bits per heavy atom.